The lowest BCUT2D eigenvalue weighted by Gasteiger charge is -2.07. The summed E-state index contributed by atoms with van der Waals surface area (Å²) in [4.78, 5) is 15.5. The first-order valence-corrected chi connectivity index (χ1v) is 5.87. The molecule has 0 fully saturated rings. The van der Waals surface area contributed by atoms with Crippen molar-refractivity contribution in [3.05, 3.63) is 42.5 Å². The summed E-state index contributed by atoms with van der Waals surface area (Å²) >= 11 is 0. The molecule has 90 valence electrons. The van der Waals surface area contributed by atoms with Crippen LogP contribution in [0.2, 0.25) is 0 Å². The summed E-state index contributed by atoms with van der Waals surface area (Å²) in [5, 5.41) is 3.29. The fourth-order valence-electron chi connectivity index (χ4n) is 1.87. The van der Waals surface area contributed by atoms with Gasteiger partial charge in [0.2, 0.25) is 0 Å². The van der Waals surface area contributed by atoms with Crippen LogP contribution in [0.1, 0.15) is 12.5 Å². The zero-order valence-corrected chi connectivity index (χ0v) is 10.0. The molecule has 0 unspecified atom stereocenters. The van der Waals surface area contributed by atoms with Gasteiger partial charge in [0.25, 0.3) is 0 Å². The first-order valence-electron chi connectivity index (χ1n) is 5.87. The highest BCUT2D eigenvalue weighted by atomic mass is 15.1. The first-order chi connectivity index (χ1) is 8.86. The fourth-order valence-corrected chi connectivity index (χ4v) is 1.87. The number of aryl methyl sites for hydroxylation is 1. The van der Waals surface area contributed by atoms with Gasteiger partial charge >= 0.3 is 0 Å². The molecule has 3 rings (SSSR count). The predicted molar refractivity (Wildman–Crippen MR) is 70.8 cm³/mol. The van der Waals surface area contributed by atoms with Crippen molar-refractivity contribution in [2.45, 2.75) is 13.3 Å². The van der Waals surface area contributed by atoms with Crippen molar-refractivity contribution in [1.29, 1.82) is 0 Å². The van der Waals surface area contributed by atoms with Gasteiger partial charge in [-0.1, -0.05) is 19.1 Å². The summed E-state index contributed by atoms with van der Waals surface area (Å²) in [5.41, 5.74) is 3.79. The molecule has 0 amide bonds. The van der Waals surface area contributed by atoms with Gasteiger partial charge in [-0.3, -0.25) is 0 Å². The number of nitrogens with one attached hydrogen (secondary N) is 2. The van der Waals surface area contributed by atoms with Gasteiger partial charge in [-0.05, 0) is 24.1 Å². The van der Waals surface area contributed by atoms with Crippen molar-refractivity contribution in [2.75, 3.05) is 5.32 Å². The van der Waals surface area contributed by atoms with Crippen LogP contribution in [0, 0.1) is 0 Å². The highest BCUT2D eigenvalue weighted by Crippen LogP contribution is 2.20. The van der Waals surface area contributed by atoms with E-state index < -0.39 is 0 Å². The molecule has 3 aromatic rings. The lowest BCUT2D eigenvalue weighted by molar-refractivity contribution is 1.14. The molecule has 0 saturated heterocycles. The van der Waals surface area contributed by atoms with E-state index in [1.807, 2.05) is 12.1 Å². The van der Waals surface area contributed by atoms with Crippen molar-refractivity contribution in [3.63, 3.8) is 0 Å². The van der Waals surface area contributed by atoms with Gasteiger partial charge in [-0.2, -0.15) is 0 Å². The van der Waals surface area contributed by atoms with E-state index in [0.29, 0.717) is 5.65 Å². The second-order valence-electron chi connectivity index (χ2n) is 4.00. The molecule has 0 spiro atoms. The molecule has 0 saturated carbocycles. The van der Waals surface area contributed by atoms with E-state index in [0.717, 1.165) is 23.4 Å². The maximum Gasteiger partial charge on any atom is 0.182 e. The Morgan fingerprint density at radius 2 is 2.17 bits per heavy atom. The topological polar surface area (TPSA) is 66.5 Å². The van der Waals surface area contributed by atoms with E-state index in [1.165, 1.54) is 11.9 Å². The molecule has 5 nitrogen and oxygen atoms in total. The standard InChI is InChI=1S/C13H13N5/c1-2-9-4-3-5-10(6-9)18-13-11-12(15-7-14-11)16-8-17-13/h3-8H,2H2,1H3,(H2,14,15,16,17,18). The van der Waals surface area contributed by atoms with Crippen molar-refractivity contribution in [2.24, 2.45) is 0 Å². The number of aromatic amines is 1. The van der Waals surface area contributed by atoms with Gasteiger partial charge in [0.05, 0.1) is 6.33 Å². The van der Waals surface area contributed by atoms with Crippen LogP contribution in [0.25, 0.3) is 11.2 Å². The Bertz CT molecular complexity index is 674. The maximum atomic E-state index is 4.24. The Balaban J connectivity index is 1.98. The Kier molecular flexibility index (Phi) is 2.64. The van der Waals surface area contributed by atoms with Gasteiger partial charge in [0.1, 0.15) is 11.8 Å². The highest BCUT2D eigenvalue weighted by molar-refractivity contribution is 5.84. The van der Waals surface area contributed by atoms with Crippen LogP contribution in [0.3, 0.4) is 0 Å². The van der Waals surface area contributed by atoms with Gasteiger partial charge in [-0.25, -0.2) is 15.0 Å². The second-order valence-corrected chi connectivity index (χ2v) is 4.00. The fraction of sp³-hybridized carbons (Fsp3) is 0.154. The Hall–Kier alpha value is -2.43. The maximum absolute atomic E-state index is 4.24. The zero-order chi connectivity index (χ0) is 12.4. The number of rotatable bonds is 3. The Labute approximate surface area is 104 Å². The van der Waals surface area contributed by atoms with Gasteiger partial charge in [0.15, 0.2) is 11.5 Å². The number of H-pyrrole nitrogens is 1. The Morgan fingerprint density at radius 1 is 1.22 bits per heavy atom. The molecule has 0 bridgehead atoms. The Morgan fingerprint density at radius 3 is 3.06 bits per heavy atom. The number of nitrogens with zero attached hydrogens (tertiary/aromatic N) is 3. The summed E-state index contributed by atoms with van der Waals surface area (Å²) in [5.74, 6) is 0.741. The average molecular weight is 239 g/mol. The summed E-state index contributed by atoms with van der Waals surface area (Å²) < 4.78 is 0. The quantitative estimate of drug-likeness (QED) is 0.737. The summed E-state index contributed by atoms with van der Waals surface area (Å²) in [6, 6.07) is 8.28. The highest BCUT2D eigenvalue weighted by Gasteiger charge is 2.05. The normalized spacial score (nSPS) is 10.7. The third kappa shape index (κ3) is 1.90. The average Bonchev–Trinajstić information content (AvgIpc) is 2.88. The number of imidazole rings is 1. The second kappa shape index (κ2) is 4.44. The van der Waals surface area contributed by atoms with Crippen molar-refractivity contribution in [1.82, 2.24) is 19.9 Å². The number of anilines is 2. The smallest absolute Gasteiger partial charge is 0.182 e. The number of aromatic nitrogens is 4. The number of fused-ring (bicyclic) bond motifs is 1. The third-order valence-electron chi connectivity index (χ3n) is 2.82. The predicted octanol–water partition coefficient (Wildman–Crippen LogP) is 2.66. The van der Waals surface area contributed by atoms with Gasteiger partial charge in [-0.15, -0.1) is 0 Å². The lowest BCUT2D eigenvalue weighted by atomic mass is 10.1. The SMILES string of the molecule is CCc1cccc(Nc2ncnc3nc[nH]c23)c1. The summed E-state index contributed by atoms with van der Waals surface area (Å²) in [6.45, 7) is 2.14. The van der Waals surface area contributed by atoms with Crippen molar-refractivity contribution < 1.29 is 0 Å². The molecular formula is C13H13N5. The molecule has 5 heteroatoms. The molecule has 2 N–H and O–H groups in total. The van der Waals surface area contributed by atoms with Crippen molar-refractivity contribution in [3.8, 4) is 0 Å². The van der Waals surface area contributed by atoms with Crippen LogP contribution in [0.15, 0.2) is 36.9 Å². The van der Waals surface area contributed by atoms with Gasteiger partial charge < -0.3 is 10.3 Å². The van der Waals surface area contributed by atoms with Crippen LogP contribution in [-0.2, 0) is 6.42 Å². The van der Waals surface area contributed by atoms with E-state index in [9.17, 15) is 0 Å². The minimum absolute atomic E-state index is 0.666. The lowest BCUT2D eigenvalue weighted by Crippen LogP contribution is -1.96. The van der Waals surface area contributed by atoms with E-state index >= 15 is 0 Å². The van der Waals surface area contributed by atoms with Crippen LogP contribution < -0.4 is 5.32 Å². The molecule has 0 aliphatic carbocycles. The molecule has 0 aliphatic heterocycles. The van der Waals surface area contributed by atoms with E-state index in [1.54, 1.807) is 6.33 Å². The molecule has 0 atom stereocenters. The molecule has 1 aromatic carbocycles. The monoisotopic (exact) mass is 239 g/mol. The van der Waals surface area contributed by atoms with Crippen LogP contribution in [0.4, 0.5) is 11.5 Å². The van der Waals surface area contributed by atoms with Crippen LogP contribution in [0.5, 0.6) is 0 Å². The van der Waals surface area contributed by atoms with Crippen LogP contribution in [-0.4, -0.2) is 19.9 Å². The summed E-state index contributed by atoms with van der Waals surface area (Å²) in [7, 11) is 0. The number of hydrogen-bond donors (Lipinski definition) is 2. The van der Waals surface area contributed by atoms with E-state index in [4.69, 9.17) is 0 Å². The largest absolute Gasteiger partial charge is 0.340 e. The van der Waals surface area contributed by atoms with E-state index in [-0.39, 0.29) is 0 Å². The number of benzene rings is 1. The molecule has 18 heavy (non-hydrogen) atoms. The summed E-state index contributed by atoms with van der Waals surface area (Å²) in [6.07, 6.45) is 4.14. The van der Waals surface area contributed by atoms with Crippen molar-refractivity contribution >= 4 is 22.7 Å². The molecular weight excluding hydrogens is 226 g/mol. The van der Waals surface area contributed by atoms with Gasteiger partial charge in [0, 0.05) is 5.69 Å². The number of hydrogen-bond acceptors (Lipinski definition) is 4. The third-order valence-corrected chi connectivity index (χ3v) is 2.82. The van der Waals surface area contributed by atoms with Crippen LogP contribution >= 0.6 is 0 Å². The minimum atomic E-state index is 0.666. The molecule has 0 aliphatic rings. The first kappa shape index (κ1) is 10.7. The molecule has 2 aromatic heterocycles. The molecule has 2 heterocycles. The molecule has 0 radical (unpaired) electrons. The zero-order valence-electron chi connectivity index (χ0n) is 10.0. The van der Waals surface area contributed by atoms with E-state index in [2.05, 4.69) is 44.3 Å². The minimum Gasteiger partial charge on any atom is -0.340 e.